The number of para-hydroxylation sites is 1. The minimum Gasteiger partial charge on any atom is -0.489 e. The van der Waals surface area contributed by atoms with Crippen LogP contribution in [0.3, 0.4) is 0 Å². The van der Waals surface area contributed by atoms with Crippen LogP contribution >= 0.6 is 11.3 Å². The number of rotatable bonds is 6. The van der Waals surface area contributed by atoms with E-state index in [0.29, 0.717) is 6.61 Å². The SMILES string of the molecule is C1=C/C(c2ccccc2-c2ccccn2)=C\Cc2cc(-n3c4ccccc4c4cc(-c5ccc6sc7ccc(-c8ccccc8-c8ccccn8)cc7c6c5)ccc43)ccc2OC1. The smallest absolute Gasteiger partial charge is 0.123 e. The number of pyridine rings is 2. The Labute approximate surface area is 369 Å². The molecule has 0 fully saturated rings. The summed E-state index contributed by atoms with van der Waals surface area (Å²) in [5, 5.41) is 5.00. The second-order valence-corrected chi connectivity index (χ2v) is 17.1. The Morgan fingerprint density at radius 1 is 0.476 bits per heavy atom. The van der Waals surface area contributed by atoms with Crippen LogP contribution in [-0.4, -0.2) is 21.1 Å². The molecule has 11 aromatic rings. The van der Waals surface area contributed by atoms with Crippen LogP contribution in [0.15, 0.2) is 213 Å². The fourth-order valence-electron chi connectivity index (χ4n) is 9.32. The Morgan fingerprint density at radius 3 is 1.83 bits per heavy atom. The lowest BCUT2D eigenvalue weighted by Crippen LogP contribution is -2.00. The van der Waals surface area contributed by atoms with E-state index in [0.717, 1.165) is 57.1 Å². The average Bonchev–Trinajstić information content (AvgIpc) is 3.92. The van der Waals surface area contributed by atoms with E-state index in [-0.39, 0.29) is 0 Å². The van der Waals surface area contributed by atoms with Crippen LogP contribution in [0.25, 0.3) is 98.0 Å². The molecule has 298 valence electrons. The highest BCUT2D eigenvalue weighted by atomic mass is 32.1. The summed E-state index contributed by atoms with van der Waals surface area (Å²) in [6, 6.07) is 65.4. The predicted octanol–water partition coefficient (Wildman–Crippen LogP) is 15.2. The van der Waals surface area contributed by atoms with Crippen LogP contribution in [0, 0.1) is 0 Å². The van der Waals surface area contributed by atoms with E-state index < -0.39 is 0 Å². The van der Waals surface area contributed by atoms with Gasteiger partial charge in [0.2, 0.25) is 0 Å². The molecule has 0 radical (unpaired) electrons. The van der Waals surface area contributed by atoms with Crippen molar-refractivity contribution in [1.82, 2.24) is 14.5 Å². The number of aromatic nitrogens is 3. The van der Waals surface area contributed by atoms with Gasteiger partial charge in [-0.05, 0) is 131 Å². The van der Waals surface area contributed by atoms with Gasteiger partial charge in [0.05, 0.1) is 22.4 Å². The van der Waals surface area contributed by atoms with Gasteiger partial charge in [0.15, 0.2) is 0 Å². The van der Waals surface area contributed by atoms with Crippen molar-refractivity contribution in [2.24, 2.45) is 0 Å². The number of hydrogen-bond donors (Lipinski definition) is 0. The Kier molecular flexibility index (Phi) is 9.12. The predicted molar refractivity (Wildman–Crippen MR) is 264 cm³/mol. The second kappa shape index (κ2) is 15.6. The van der Waals surface area contributed by atoms with Crippen LogP contribution in [0.2, 0.25) is 0 Å². The normalized spacial score (nSPS) is 13.6. The Morgan fingerprint density at radius 2 is 1.08 bits per heavy atom. The first-order valence-corrected chi connectivity index (χ1v) is 22.2. The molecular weight excluding hydrogens is 787 g/mol. The highest BCUT2D eigenvalue weighted by Crippen LogP contribution is 2.42. The topological polar surface area (TPSA) is 39.9 Å². The zero-order valence-electron chi connectivity index (χ0n) is 34.3. The summed E-state index contributed by atoms with van der Waals surface area (Å²) in [5.74, 6) is 0.905. The highest BCUT2D eigenvalue weighted by molar-refractivity contribution is 7.25. The number of fused-ring (bicyclic) bond motifs is 7. The summed E-state index contributed by atoms with van der Waals surface area (Å²) < 4.78 is 11.4. The molecule has 0 saturated heterocycles. The van der Waals surface area contributed by atoms with E-state index in [1.807, 2.05) is 41.9 Å². The molecule has 0 bridgehead atoms. The van der Waals surface area contributed by atoms with Crippen molar-refractivity contribution in [3.8, 4) is 56.2 Å². The zero-order chi connectivity index (χ0) is 41.7. The minimum absolute atomic E-state index is 0.488. The molecule has 0 saturated carbocycles. The average molecular weight is 826 g/mol. The maximum Gasteiger partial charge on any atom is 0.123 e. The molecule has 0 spiro atoms. The van der Waals surface area contributed by atoms with Gasteiger partial charge in [-0.25, -0.2) is 0 Å². The first kappa shape index (κ1) is 36.9. The fraction of sp³-hybridized carbons (Fsp3) is 0.0345. The molecule has 0 amide bonds. The standard InChI is InChI=1S/C58H39N3OS/c1-3-15-46(52-18-7-9-31-59-52)44(13-1)38-12-11-33-62-56-28-26-43(34-42(56)22-21-38)61-54-20-6-5-17-48(54)49-35-39(23-27-55(49)61)40-24-29-57-50(36-40)51-37-41(25-30-58(51)63-57)45-14-2-4-16-47(45)53-19-8-10-32-60-53/h1-21,23-32,34-37H,22,33H2/b12-11?,38-21+. The first-order valence-electron chi connectivity index (χ1n) is 21.4. The van der Waals surface area contributed by atoms with Crippen molar-refractivity contribution in [3.63, 3.8) is 0 Å². The van der Waals surface area contributed by atoms with Gasteiger partial charge in [-0.2, -0.15) is 0 Å². The second-order valence-electron chi connectivity index (χ2n) is 16.0. The van der Waals surface area contributed by atoms with Gasteiger partial charge in [-0.3, -0.25) is 9.97 Å². The number of benzene rings is 7. The van der Waals surface area contributed by atoms with E-state index in [9.17, 15) is 0 Å². The van der Waals surface area contributed by atoms with E-state index in [1.54, 1.807) is 0 Å². The quantitative estimate of drug-likeness (QED) is 0.168. The minimum atomic E-state index is 0.488. The van der Waals surface area contributed by atoms with Crippen LogP contribution in [-0.2, 0) is 6.42 Å². The third-order valence-electron chi connectivity index (χ3n) is 12.3. The lowest BCUT2D eigenvalue weighted by Gasteiger charge is -2.14. The molecule has 4 nitrogen and oxygen atoms in total. The number of hydrogen-bond acceptors (Lipinski definition) is 4. The van der Waals surface area contributed by atoms with E-state index >= 15 is 0 Å². The van der Waals surface area contributed by atoms with Crippen LogP contribution in [0.1, 0.15) is 11.1 Å². The van der Waals surface area contributed by atoms with Crippen molar-refractivity contribution in [3.05, 3.63) is 224 Å². The molecule has 7 aromatic carbocycles. The van der Waals surface area contributed by atoms with Crippen LogP contribution in [0.5, 0.6) is 5.75 Å². The number of thiophene rings is 1. The summed E-state index contributed by atoms with van der Waals surface area (Å²) in [6.45, 7) is 0.488. The maximum atomic E-state index is 6.38. The van der Waals surface area contributed by atoms with E-state index in [4.69, 9.17) is 4.74 Å². The number of allylic oxidation sites excluding steroid dienone is 3. The van der Waals surface area contributed by atoms with Gasteiger partial charge in [0, 0.05) is 65.7 Å². The molecule has 0 atom stereocenters. The Bertz CT molecular complexity index is 3600. The van der Waals surface area contributed by atoms with Gasteiger partial charge in [-0.15, -0.1) is 11.3 Å². The summed E-state index contributed by atoms with van der Waals surface area (Å²) in [6.07, 6.45) is 11.0. The number of ether oxygens (including phenoxy) is 1. The summed E-state index contributed by atoms with van der Waals surface area (Å²) >= 11 is 1.85. The molecule has 63 heavy (non-hydrogen) atoms. The molecule has 5 heteroatoms. The molecule has 0 aliphatic carbocycles. The van der Waals surface area contributed by atoms with Gasteiger partial charge in [0.1, 0.15) is 12.4 Å². The van der Waals surface area contributed by atoms with E-state index in [1.165, 1.54) is 64.2 Å². The zero-order valence-corrected chi connectivity index (χ0v) is 35.1. The third-order valence-corrected chi connectivity index (χ3v) is 13.5. The summed E-state index contributed by atoms with van der Waals surface area (Å²) in [5.41, 5.74) is 15.9. The third kappa shape index (κ3) is 6.62. The molecule has 0 unspecified atom stereocenters. The van der Waals surface area contributed by atoms with Crippen LogP contribution < -0.4 is 4.74 Å². The molecule has 1 aliphatic heterocycles. The van der Waals surface area contributed by atoms with Crippen molar-refractivity contribution >= 4 is 58.9 Å². The van der Waals surface area contributed by atoms with Crippen molar-refractivity contribution in [2.45, 2.75) is 6.42 Å². The first-order chi connectivity index (χ1) is 31.2. The molecular formula is C58H39N3OS. The molecule has 12 rings (SSSR count). The molecule has 4 aromatic heterocycles. The summed E-state index contributed by atoms with van der Waals surface area (Å²) in [4.78, 5) is 9.36. The van der Waals surface area contributed by atoms with Crippen molar-refractivity contribution in [2.75, 3.05) is 6.61 Å². The Balaban J connectivity index is 0.926. The van der Waals surface area contributed by atoms with Gasteiger partial charge >= 0.3 is 0 Å². The van der Waals surface area contributed by atoms with Gasteiger partial charge in [0.25, 0.3) is 0 Å². The molecule has 0 N–H and O–H groups in total. The molecule has 5 heterocycles. The summed E-state index contributed by atoms with van der Waals surface area (Å²) in [7, 11) is 0. The van der Waals surface area contributed by atoms with Gasteiger partial charge in [-0.1, -0.05) is 109 Å². The monoisotopic (exact) mass is 825 g/mol. The van der Waals surface area contributed by atoms with Crippen molar-refractivity contribution in [1.29, 1.82) is 0 Å². The number of nitrogens with zero attached hydrogens (tertiary/aromatic N) is 3. The Hall–Kier alpha value is -7.86. The largest absolute Gasteiger partial charge is 0.489 e. The molecule has 1 aliphatic rings. The maximum absolute atomic E-state index is 6.38. The van der Waals surface area contributed by atoms with Gasteiger partial charge < -0.3 is 9.30 Å². The van der Waals surface area contributed by atoms with Crippen molar-refractivity contribution < 1.29 is 4.74 Å². The highest BCUT2D eigenvalue weighted by Gasteiger charge is 2.18. The van der Waals surface area contributed by atoms with Crippen LogP contribution in [0.4, 0.5) is 0 Å². The lowest BCUT2D eigenvalue weighted by atomic mass is 9.95. The van der Waals surface area contributed by atoms with E-state index in [2.05, 4.69) is 197 Å². The fourth-order valence-corrected chi connectivity index (χ4v) is 10.4. The lowest BCUT2D eigenvalue weighted by molar-refractivity contribution is 0.360.